The number of hydrogen-bond acceptors (Lipinski definition) is 5. The van der Waals surface area contributed by atoms with Crippen LogP contribution in [0, 0.1) is 5.41 Å². The summed E-state index contributed by atoms with van der Waals surface area (Å²) in [7, 11) is 1.65. The predicted octanol–water partition coefficient (Wildman–Crippen LogP) is 1.21. The number of aromatic nitrogens is 2. The fraction of sp³-hybridized carbons (Fsp3) is 0.812. The number of aliphatic hydroxyl groups is 1. The lowest BCUT2D eigenvalue weighted by Crippen LogP contribution is -2.39. The Morgan fingerprint density at radius 2 is 2.23 bits per heavy atom. The molecule has 126 valence electrons. The number of rotatable bonds is 7. The van der Waals surface area contributed by atoms with Crippen molar-refractivity contribution >= 4 is 0 Å². The van der Waals surface area contributed by atoms with Gasteiger partial charge in [-0.1, -0.05) is 13.8 Å². The van der Waals surface area contributed by atoms with E-state index in [4.69, 9.17) is 9.47 Å². The minimum absolute atomic E-state index is 0.000649. The fourth-order valence-corrected chi connectivity index (χ4v) is 3.10. The van der Waals surface area contributed by atoms with Gasteiger partial charge in [0.25, 0.3) is 0 Å². The molecular weight excluding hydrogens is 282 g/mol. The number of aromatic amines is 1. The average Bonchev–Trinajstić information content (AvgIpc) is 2.77. The van der Waals surface area contributed by atoms with E-state index >= 15 is 0 Å². The second-order valence-corrected chi connectivity index (χ2v) is 7.14. The minimum Gasteiger partial charge on any atom is -0.389 e. The lowest BCUT2D eigenvalue weighted by molar-refractivity contribution is -0.0421. The highest BCUT2D eigenvalue weighted by molar-refractivity contribution is 5.19. The number of β-amino-alcohol motifs (C(OH)–C–C–N with tert-alkyl or cyclic N) is 1. The van der Waals surface area contributed by atoms with Crippen molar-refractivity contribution in [3.63, 3.8) is 0 Å². The first kappa shape index (κ1) is 17.4. The Morgan fingerprint density at radius 1 is 1.45 bits per heavy atom. The third-order valence-corrected chi connectivity index (χ3v) is 3.95. The summed E-state index contributed by atoms with van der Waals surface area (Å²) < 4.78 is 10.6. The van der Waals surface area contributed by atoms with E-state index in [9.17, 15) is 5.11 Å². The van der Waals surface area contributed by atoms with Gasteiger partial charge in [-0.25, -0.2) is 0 Å². The number of hydrogen-bond donors (Lipinski definition) is 2. The Balaban J connectivity index is 1.89. The summed E-state index contributed by atoms with van der Waals surface area (Å²) in [5, 5.41) is 17.5. The Kier molecular flexibility index (Phi) is 5.97. The molecule has 2 atom stereocenters. The van der Waals surface area contributed by atoms with Crippen LogP contribution in [0.3, 0.4) is 0 Å². The predicted molar refractivity (Wildman–Crippen MR) is 84.6 cm³/mol. The molecule has 6 nitrogen and oxygen atoms in total. The van der Waals surface area contributed by atoms with Crippen molar-refractivity contribution in [1.29, 1.82) is 0 Å². The van der Waals surface area contributed by atoms with Gasteiger partial charge in [0.2, 0.25) is 0 Å². The summed E-state index contributed by atoms with van der Waals surface area (Å²) in [6.07, 6.45) is 2.38. The molecule has 2 N–H and O–H groups in total. The second kappa shape index (κ2) is 7.55. The molecule has 1 aromatic heterocycles. The van der Waals surface area contributed by atoms with Crippen LogP contribution >= 0.6 is 0 Å². The van der Waals surface area contributed by atoms with Crippen LogP contribution in [0.25, 0.3) is 0 Å². The summed E-state index contributed by atoms with van der Waals surface area (Å²) in [4.78, 5) is 2.29. The molecule has 2 unspecified atom stereocenters. The van der Waals surface area contributed by atoms with E-state index < -0.39 is 6.10 Å². The topological polar surface area (TPSA) is 70.6 Å². The second-order valence-electron chi connectivity index (χ2n) is 7.14. The largest absolute Gasteiger partial charge is 0.389 e. The molecule has 0 fully saturated rings. The van der Waals surface area contributed by atoms with Gasteiger partial charge in [-0.05, 0) is 18.8 Å². The van der Waals surface area contributed by atoms with Crippen LogP contribution in [0.2, 0.25) is 0 Å². The van der Waals surface area contributed by atoms with Crippen LogP contribution in [0.5, 0.6) is 0 Å². The monoisotopic (exact) mass is 311 g/mol. The Bertz CT molecular complexity index is 461. The molecule has 0 saturated carbocycles. The minimum atomic E-state index is -0.497. The van der Waals surface area contributed by atoms with E-state index in [0.29, 0.717) is 19.8 Å². The molecule has 0 spiro atoms. The molecule has 22 heavy (non-hydrogen) atoms. The van der Waals surface area contributed by atoms with Gasteiger partial charge in [-0.3, -0.25) is 10.00 Å². The van der Waals surface area contributed by atoms with Crippen molar-refractivity contribution in [3.8, 4) is 0 Å². The zero-order valence-corrected chi connectivity index (χ0v) is 14.1. The fourth-order valence-electron chi connectivity index (χ4n) is 3.10. The molecule has 1 aromatic rings. The molecule has 2 rings (SSSR count). The van der Waals surface area contributed by atoms with Gasteiger partial charge in [-0.2, -0.15) is 5.10 Å². The first-order valence-corrected chi connectivity index (χ1v) is 7.91. The van der Waals surface area contributed by atoms with E-state index in [-0.39, 0.29) is 11.5 Å². The average molecular weight is 311 g/mol. The molecular formula is C16H29N3O3. The van der Waals surface area contributed by atoms with Gasteiger partial charge in [0, 0.05) is 38.0 Å². The molecule has 0 radical (unpaired) electrons. The van der Waals surface area contributed by atoms with Crippen LogP contribution in [-0.4, -0.2) is 65.8 Å². The number of H-pyrrole nitrogens is 1. The molecule has 0 aliphatic carbocycles. The quantitative estimate of drug-likeness (QED) is 0.792. The van der Waals surface area contributed by atoms with E-state index in [1.54, 1.807) is 7.11 Å². The number of ether oxygens (including phenoxy) is 2. The van der Waals surface area contributed by atoms with E-state index in [1.165, 1.54) is 11.3 Å². The highest BCUT2D eigenvalue weighted by atomic mass is 16.5. The lowest BCUT2D eigenvalue weighted by atomic mass is 9.88. The molecule has 0 bridgehead atoms. The zero-order chi connectivity index (χ0) is 16.2. The van der Waals surface area contributed by atoms with Crippen LogP contribution in [0.4, 0.5) is 0 Å². The molecule has 6 heteroatoms. The smallest absolute Gasteiger partial charge is 0.0900 e. The highest BCUT2D eigenvalue weighted by Crippen LogP contribution is 2.28. The van der Waals surface area contributed by atoms with Crippen molar-refractivity contribution < 1.29 is 14.6 Å². The van der Waals surface area contributed by atoms with Crippen LogP contribution < -0.4 is 0 Å². The third-order valence-electron chi connectivity index (χ3n) is 3.95. The van der Waals surface area contributed by atoms with E-state index in [0.717, 1.165) is 19.5 Å². The number of nitrogens with one attached hydrogen (secondary N) is 1. The standard InChI is InChI=1S/C16H29N3O3/c1-12(9-21-4)22-10-14(20)8-19-7-13-6-17-18-15(13)5-16(2,3)11-19/h6,12,14,20H,5,7-11H2,1-4H3,(H,17,18). The number of aliphatic hydroxyl groups excluding tert-OH is 1. The zero-order valence-electron chi connectivity index (χ0n) is 14.1. The summed E-state index contributed by atoms with van der Waals surface area (Å²) in [5.74, 6) is 0. The van der Waals surface area contributed by atoms with Crippen LogP contribution in [0.1, 0.15) is 32.0 Å². The van der Waals surface area contributed by atoms with Gasteiger partial charge in [0.05, 0.1) is 31.6 Å². The van der Waals surface area contributed by atoms with Crippen LogP contribution in [-0.2, 0) is 22.4 Å². The first-order valence-electron chi connectivity index (χ1n) is 7.91. The number of nitrogens with zero attached hydrogens (tertiary/aromatic N) is 2. The lowest BCUT2D eigenvalue weighted by Gasteiger charge is -2.31. The SMILES string of the molecule is COCC(C)OCC(O)CN1Cc2cn[nH]c2CC(C)(C)C1. The van der Waals surface area contributed by atoms with Gasteiger partial charge in [-0.15, -0.1) is 0 Å². The Morgan fingerprint density at radius 3 is 2.95 bits per heavy atom. The summed E-state index contributed by atoms with van der Waals surface area (Å²) >= 11 is 0. The molecule has 0 aromatic carbocycles. The normalized spacial score (nSPS) is 21.1. The van der Waals surface area contributed by atoms with Gasteiger partial charge >= 0.3 is 0 Å². The highest BCUT2D eigenvalue weighted by Gasteiger charge is 2.29. The number of methoxy groups -OCH3 is 1. The van der Waals surface area contributed by atoms with Crippen molar-refractivity contribution in [2.75, 3.05) is 33.4 Å². The van der Waals surface area contributed by atoms with E-state index in [1.807, 2.05) is 13.1 Å². The van der Waals surface area contributed by atoms with E-state index in [2.05, 4.69) is 28.9 Å². The third kappa shape index (κ3) is 5.05. The van der Waals surface area contributed by atoms with Gasteiger partial charge in [0.1, 0.15) is 0 Å². The Hall–Kier alpha value is -0.950. The van der Waals surface area contributed by atoms with Crippen molar-refractivity contribution in [2.24, 2.45) is 5.41 Å². The van der Waals surface area contributed by atoms with Crippen molar-refractivity contribution in [2.45, 2.75) is 45.9 Å². The molecule has 1 aliphatic rings. The summed E-state index contributed by atoms with van der Waals surface area (Å²) in [5.41, 5.74) is 2.60. The maximum Gasteiger partial charge on any atom is 0.0900 e. The van der Waals surface area contributed by atoms with Gasteiger partial charge < -0.3 is 14.6 Å². The first-order chi connectivity index (χ1) is 10.4. The van der Waals surface area contributed by atoms with Gasteiger partial charge in [0.15, 0.2) is 0 Å². The molecule has 2 heterocycles. The maximum absolute atomic E-state index is 10.2. The number of fused-ring (bicyclic) bond motifs is 1. The maximum atomic E-state index is 10.2. The molecule has 0 saturated heterocycles. The van der Waals surface area contributed by atoms with Crippen molar-refractivity contribution in [1.82, 2.24) is 15.1 Å². The molecule has 1 aliphatic heterocycles. The summed E-state index contributed by atoms with van der Waals surface area (Å²) in [6, 6.07) is 0. The summed E-state index contributed by atoms with van der Waals surface area (Å²) in [6.45, 7) is 9.69. The van der Waals surface area contributed by atoms with Crippen LogP contribution in [0.15, 0.2) is 6.20 Å². The Labute approximate surface area is 132 Å². The molecule has 0 amide bonds. The van der Waals surface area contributed by atoms with Crippen molar-refractivity contribution in [3.05, 3.63) is 17.5 Å².